The van der Waals surface area contributed by atoms with E-state index in [1.165, 1.54) is 0 Å². The van der Waals surface area contributed by atoms with Crippen LogP contribution in [0.1, 0.15) is 22.6 Å². The van der Waals surface area contributed by atoms with Gasteiger partial charge >= 0.3 is 0 Å². The largest absolute Gasteiger partial charge is 0.250 e. The third kappa shape index (κ3) is 3.26. The Morgan fingerprint density at radius 1 is 0.697 bits per heavy atom. The van der Waals surface area contributed by atoms with Crippen molar-refractivity contribution in [3.05, 3.63) is 106 Å². The molecule has 0 radical (unpaired) electrons. The fraction of sp³-hybridized carbons (Fsp3) is 0.0370. The summed E-state index contributed by atoms with van der Waals surface area (Å²) in [6.07, 6.45) is 0. The van der Waals surface area contributed by atoms with Gasteiger partial charge in [0, 0.05) is 16.1 Å². The molecule has 1 atom stereocenters. The Bertz CT molecular complexity index is 1520. The molecule has 0 spiro atoms. The number of para-hydroxylation sites is 2. The van der Waals surface area contributed by atoms with Gasteiger partial charge in [-0.2, -0.15) is 0 Å². The SMILES string of the molecule is O=C=C1C(=C=O)c2c(Cl)ccc3c2C(C1=C=O)C(=Nc1ccccc1)C3=Nc1ccccc1. The van der Waals surface area contributed by atoms with Crippen molar-refractivity contribution in [3.63, 3.8) is 0 Å². The molecule has 5 nitrogen and oxygen atoms in total. The van der Waals surface area contributed by atoms with Gasteiger partial charge in [-0.1, -0.05) is 54.1 Å². The zero-order chi connectivity index (χ0) is 22.9. The van der Waals surface area contributed by atoms with Gasteiger partial charge in [0.25, 0.3) is 0 Å². The summed E-state index contributed by atoms with van der Waals surface area (Å²) in [4.78, 5) is 45.5. The summed E-state index contributed by atoms with van der Waals surface area (Å²) in [7, 11) is 0. The Morgan fingerprint density at radius 2 is 1.30 bits per heavy atom. The molecule has 0 fully saturated rings. The third-order valence-corrected chi connectivity index (χ3v) is 5.94. The van der Waals surface area contributed by atoms with Crippen molar-refractivity contribution in [1.29, 1.82) is 0 Å². The number of hydrogen-bond donors (Lipinski definition) is 0. The Hall–Kier alpha value is -4.36. The zero-order valence-corrected chi connectivity index (χ0v) is 17.8. The highest BCUT2D eigenvalue weighted by Crippen LogP contribution is 2.51. The molecular weight excluding hydrogens is 436 g/mol. The van der Waals surface area contributed by atoms with Crippen molar-refractivity contribution in [2.24, 2.45) is 9.98 Å². The Balaban J connectivity index is 1.91. The van der Waals surface area contributed by atoms with E-state index in [0.29, 0.717) is 39.5 Å². The van der Waals surface area contributed by atoms with Crippen molar-refractivity contribution in [2.45, 2.75) is 5.92 Å². The molecule has 2 aliphatic carbocycles. The Morgan fingerprint density at radius 3 is 1.88 bits per heavy atom. The van der Waals surface area contributed by atoms with E-state index in [9.17, 15) is 14.4 Å². The molecule has 0 amide bonds. The zero-order valence-electron chi connectivity index (χ0n) is 17.0. The van der Waals surface area contributed by atoms with Crippen LogP contribution >= 0.6 is 11.6 Å². The minimum atomic E-state index is -0.776. The van der Waals surface area contributed by atoms with E-state index in [-0.39, 0.29) is 21.7 Å². The summed E-state index contributed by atoms with van der Waals surface area (Å²) >= 11 is 6.48. The molecule has 6 heteroatoms. The van der Waals surface area contributed by atoms with Gasteiger partial charge in [-0.05, 0) is 35.9 Å². The van der Waals surface area contributed by atoms with Crippen LogP contribution in [0.4, 0.5) is 11.4 Å². The number of carbonyl (C=O) groups excluding carboxylic acids is 3. The molecule has 5 rings (SSSR count). The minimum Gasteiger partial charge on any atom is -0.250 e. The predicted octanol–water partition coefficient (Wildman–Crippen LogP) is 5.08. The topological polar surface area (TPSA) is 75.9 Å². The first kappa shape index (κ1) is 20.5. The molecule has 156 valence electrons. The van der Waals surface area contributed by atoms with Gasteiger partial charge in [0.2, 0.25) is 0 Å². The van der Waals surface area contributed by atoms with E-state index in [2.05, 4.69) is 0 Å². The number of allylic oxidation sites excluding steroid dienone is 3. The average molecular weight is 449 g/mol. The molecule has 0 bridgehead atoms. The highest BCUT2D eigenvalue weighted by atomic mass is 35.5. The monoisotopic (exact) mass is 448 g/mol. The quantitative estimate of drug-likeness (QED) is 0.513. The maximum atomic E-state index is 12.1. The summed E-state index contributed by atoms with van der Waals surface area (Å²) in [5.41, 5.74) is 3.55. The second-order valence-corrected chi connectivity index (χ2v) is 7.82. The predicted molar refractivity (Wildman–Crippen MR) is 128 cm³/mol. The fourth-order valence-corrected chi connectivity index (χ4v) is 4.54. The van der Waals surface area contributed by atoms with Crippen LogP contribution in [-0.4, -0.2) is 29.2 Å². The van der Waals surface area contributed by atoms with Crippen molar-refractivity contribution >= 4 is 57.8 Å². The summed E-state index contributed by atoms with van der Waals surface area (Å²) in [6.45, 7) is 0. The van der Waals surface area contributed by atoms with E-state index < -0.39 is 5.92 Å². The van der Waals surface area contributed by atoms with Crippen molar-refractivity contribution < 1.29 is 14.4 Å². The number of nitrogens with zero attached hydrogens (tertiary/aromatic N) is 2. The van der Waals surface area contributed by atoms with E-state index in [1.54, 1.807) is 24.0 Å². The minimum absolute atomic E-state index is 0.0349. The average Bonchev–Trinajstić information content (AvgIpc) is 3.15. The first-order valence-electron chi connectivity index (χ1n) is 10.0. The van der Waals surface area contributed by atoms with E-state index >= 15 is 0 Å². The maximum absolute atomic E-state index is 12.1. The van der Waals surface area contributed by atoms with Crippen molar-refractivity contribution in [3.8, 4) is 0 Å². The number of benzene rings is 3. The molecule has 33 heavy (non-hydrogen) atoms. The Labute approximate surface area is 193 Å². The van der Waals surface area contributed by atoms with Gasteiger partial charge in [-0.25, -0.2) is 19.4 Å². The number of aliphatic imine (C=N–C) groups is 2. The van der Waals surface area contributed by atoms with Crippen LogP contribution in [0.5, 0.6) is 0 Å². The van der Waals surface area contributed by atoms with Gasteiger partial charge < -0.3 is 0 Å². The van der Waals surface area contributed by atoms with E-state index in [0.717, 1.165) is 0 Å². The summed E-state index contributed by atoms with van der Waals surface area (Å²) in [5, 5.41) is 0.259. The van der Waals surface area contributed by atoms with Gasteiger partial charge in [0.1, 0.15) is 17.8 Å². The molecule has 3 aromatic rings. The molecule has 1 unspecified atom stereocenters. The molecule has 3 aromatic carbocycles. The smallest absolute Gasteiger partial charge is 0.134 e. The lowest BCUT2D eigenvalue weighted by atomic mass is 9.75. The molecule has 0 saturated heterocycles. The van der Waals surface area contributed by atoms with Crippen LogP contribution in [0.2, 0.25) is 5.02 Å². The van der Waals surface area contributed by atoms with Gasteiger partial charge in [0.15, 0.2) is 0 Å². The lowest BCUT2D eigenvalue weighted by molar-refractivity contribution is 0.563. The van der Waals surface area contributed by atoms with Crippen molar-refractivity contribution in [2.75, 3.05) is 0 Å². The number of hydrogen-bond acceptors (Lipinski definition) is 5. The van der Waals surface area contributed by atoms with Crippen LogP contribution in [0, 0.1) is 0 Å². The maximum Gasteiger partial charge on any atom is 0.134 e. The molecule has 0 aromatic heterocycles. The first-order chi connectivity index (χ1) is 16.2. The highest BCUT2D eigenvalue weighted by Gasteiger charge is 2.46. The normalized spacial score (nSPS) is 18.7. The molecular formula is C27H13ClN2O3. The van der Waals surface area contributed by atoms with Gasteiger partial charge in [-0.3, -0.25) is 4.99 Å². The number of halogens is 1. The van der Waals surface area contributed by atoms with Crippen LogP contribution < -0.4 is 0 Å². The molecule has 0 N–H and O–H groups in total. The first-order valence-corrected chi connectivity index (χ1v) is 10.4. The molecule has 0 heterocycles. The standard InChI is InChI=1S/C27H13ClN2O3/c28-22-12-11-18-24-23(22)20(14-32)19(13-31)21(15-33)25(24)27(30-17-9-5-2-6-10-17)26(18)29-16-7-3-1-4-8-16/h1-12,25H. The van der Waals surface area contributed by atoms with Crippen LogP contribution in [-0.2, 0) is 14.4 Å². The number of rotatable bonds is 2. The second kappa shape index (κ2) is 8.29. The molecule has 2 aliphatic rings. The van der Waals surface area contributed by atoms with Crippen molar-refractivity contribution in [1.82, 2.24) is 0 Å². The molecule has 0 saturated carbocycles. The van der Waals surface area contributed by atoms with E-state index in [1.807, 2.05) is 66.6 Å². The van der Waals surface area contributed by atoms with Crippen LogP contribution in [0.3, 0.4) is 0 Å². The van der Waals surface area contributed by atoms with Crippen LogP contribution in [0.25, 0.3) is 5.57 Å². The third-order valence-electron chi connectivity index (χ3n) is 5.63. The summed E-state index contributed by atoms with van der Waals surface area (Å²) in [5.74, 6) is 4.58. The highest BCUT2D eigenvalue weighted by molar-refractivity contribution is 6.56. The lowest BCUT2D eigenvalue weighted by Gasteiger charge is -2.24. The lowest BCUT2D eigenvalue weighted by Crippen LogP contribution is -2.21. The van der Waals surface area contributed by atoms with Gasteiger partial charge in [-0.15, -0.1) is 0 Å². The van der Waals surface area contributed by atoms with Crippen LogP contribution in [0.15, 0.2) is 93.9 Å². The van der Waals surface area contributed by atoms with Gasteiger partial charge in [0.05, 0.1) is 45.4 Å². The summed E-state index contributed by atoms with van der Waals surface area (Å²) < 4.78 is 0. The molecule has 0 aliphatic heterocycles. The fourth-order valence-electron chi connectivity index (χ4n) is 4.28. The Kier molecular flexibility index (Phi) is 5.16. The summed E-state index contributed by atoms with van der Waals surface area (Å²) in [6, 6.07) is 21.9. The van der Waals surface area contributed by atoms with E-state index in [4.69, 9.17) is 21.6 Å². The second-order valence-electron chi connectivity index (χ2n) is 7.42.